The Bertz CT molecular complexity index is 2940. The van der Waals surface area contributed by atoms with Gasteiger partial charge in [0.05, 0.1) is 0 Å². The zero-order valence-electron chi connectivity index (χ0n) is 32.3. The molecule has 0 fully saturated rings. The number of nitrogens with zero attached hydrogens (tertiary/aromatic N) is 1. The molecule has 0 spiro atoms. The molecule has 3 heteroatoms. The van der Waals surface area contributed by atoms with Crippen LogP contribution in [-0.2, 0) is 0 Å². The van der Waals surface area contributed by atoms with Crippen LogP contribution in [0.25, 0.3) is 66.7 Å². The van der Waals surface area contributed by atoms with Crippen LogP contribution in [0.3, 0.4) is 0 Å². The average molecular weight is 748 g/mol. The Labute approximate surface area is 339 Å². The molecule has 3 nitrogen and oxygen atoms in total. The maximum atomic E-state index is 6.39. The van der Waals surface area contributed by atoms with E-state index in [1.807, 2.05) is 54.6 Å². The van der Waals surface area contributed by atoms with Crippen molar-refractivity contribution in [2.24, 2.45) is 5.92 Å². The third kappa shape index (κ3) is 6.67. The smallest absolute Gasteiger partial charge is 0.143 e. The molecule has 1 unspecified atom stereocenters. The Kier molecular flexibility index (Phi) is 9.04. The molecule has 2 aliphatic rings. The van der Waals surface area contributed by atoms with Crippen LogP contribution >= 0.6 is 0 Å². The van der Waals surface area contributed by atoms with Crippen LogP contribution in [0.1, 0.15) is 24.5 Å². The lowest BCUT2D eigenvalue weighted by molar-refractivity contribution is 0.513. The summed E-state index contributed by atoms with van der Waals surface area (Å²) in [6, 6.07) is 57.8. The van der Waals surface area contributed by atoms with Gasteiger partial charge in [0, 0.05) is 44.5 Å². The SMILES string of the molecule is C=C1/C=C\C=C(\c2ccc(-c3ccc(N(C4=CCC(C)C=C4)c4ccc(-c5ccc(-c6cccc7c6oc6ccccc67)cc5)cc4)cc3)cc2)Oc2ccccc21. The van der Waals surface area contributed by atoms with Crippen molar-refractivity contribution in [2.75, 3.05) is 4.90 Å². The van der Waals surface area contributed by atoms with Gasteiger partial charge in [-0.25, -0.2) is 0 Å². The minimum Gasteiger partial charge on any atom is -0.456 e. The summed E-state index contributed by atoms with van der Waals surface area (Å²) in [5.41, 5.74) is 15.1. The maximum Gasteiger partial charge on any atom is 0.143 e. The fraction of sp³-hybridized carbons (Fsp3) is 0.0545. The number of para-hydroxylation sites is 3. The van der Waals surface area contributed by atoms with E-state index in [4.69, 9.17) is 9.15 Å². The van der Waals surface area contributed by atoms with Crippen molar-refractivity contribution in [3.8, 4) is 39.1 Å². The van der Waals surface area contributed by atoms with Gasteiger partial charge in [-0.3, -0.25) is 0 Å². The molecule has 0 saturated heterocycles. The normalized spacial score (nSPS) is 16.4. The summed E-state index contributed by atoms with van der Waals surface area (Å²) < 4.78 is 12.7. The second kappa shape index (κ2) is 14.9. The summed E-state index contributed by atoms with van der Waals surface area (Å²) in [5, 5.41) is 2.29. The molecule has 1 atom stereocenters. The Morgan fingerprint density at radius 1 is 0.552 bits per heavy atom. The molecule has 278 valence electrons. The number of benzene rings is 7. The predicted molar refractivity (Wildman–Crippen MR) is 243 cm³/mol. The summed E-state index contributed by atoms with van der Waals surface area (Å²) >= 11 is 0. The van der Waals surface area contributed by atoms with E-state index in [-0.39, 0.29) is 0 Å². The van der Waals surface area contributed by atoms with Gasteiger partial charge in [-0.15, -0.1) is 0 Å². The van der Waals surface area contributed by atoms with E-state index in [1.54, 1.807) is 0 Å². The van der Waals surface area contributed by atoms with E-state index in [1.165, 1.54) is 16.8 Å². The van der Waals surface area contributed by atoms with Crippen LogP contribution < -0.4 is 9.64 Å². The van der Waals surface area contributed by atoms with Crippen LogP contribution in [0.2, 0.25) is 0 Å². The number of furan rings is 1. The van der Waals surface area contributed by atoms with Crippen LogP contribution in [0.15, 0.2) is 217 Å². The first-order valence-corrected chi connectivity index (χ1v) is 19.9. The number of anilines is 2. The van der Waals surface area contributed by atoms with Gasteiger partial charge in [0.15, 0.2) is 0 Å². The van der Waals surface area contributed by atoms with Crippen molar-refractivity contribution in [3.63, 3.8) is 0 Å². The highest BCUT2D eigenvalue weighted by Gasteiger charge is 2.18. The molecule has 7 aromatic carbocycles. The van der Waals surface area contributed by atoms with Crippen LogP contribution in [0.5, 0.6) is 5.75 Å². The van der Waals surface area contributed by atoms with Crippen molar-refractivity contribution in [1.29, 1.82) is 0 Å². The second-order valence-corrected chi connectivity index (χ2v) is 15.1. The number of ether oxygens (including phenoxy) is 1. The number of rotatable bonds is 7. The van der Waals surface area contributed by atoms with E-state index in [2.05, 4.69) is 164 Å². The van der Waals surface area contributed by atoms with Crippen molar-refractivity contribution in [2.45, 2.75) is 13.3 Å². The number of hydrogen-bond donors (Lipinski definition) is 0. The third-order valence-corrected chi connectivity index (χ3v) is 11.2. The first-order chi connectivity index (χ1) is 28.6. The number of hydrogen-bond acceptors (Lipinski definition) is 3. The molecular formula is C55H41NO2. The minimum absolute atomic E-state index is 0.522. The largest absolute Gasteiger partial charge is 0.456 e. The van der Waals surface area contributed by atoms with Crippen LogP contribution in [0, 0.1) is 5.92 Å². The molecule has 0 radical (unpaired) electrons. The molecule has 0 amide bonds. The zero-order chi connectivity index (χ0) is 39.0. The van der Waals surface area contributed by atoms with E-state index in [9.17, 15) is 0 Å². The fourth-order valence-electron chi connectivity index (χ4n) is 8.05. The monoisotopic (exact) mass is 747 g/mol. The molecule has 58 heavy (non-hydrogen) atoms. The molecule has 0 N–H and O–H groups in total. The topological polar surface area (TPSA) is 25.6 Å². The highest BCUT2D eigenvalue weighted by molar-refractivity contribution is 6.09. The first kappa shape index (κ1) is 35.1. The molecule has 1 aliphatic heterocycles. The van der Waals surface area contributed by atoms with Gasteiger partial charge in [0.25, 0.3) is 0 Å². The van der Waals surface area contributed by atoms with Gasteiger partial charge in [-0.1, -0.05) is 165 Å². The third-order valence-electron chi connectivity index (χ3n) is 11.2. The van der Waals surface area contributed by atoms with Crippen molar-refractivity contribution < 1.29 is 9.15 Å². The summed E-state index contributed by atoms with van der Waals surface area (Å²) in [4.78, 5) is 2.36. The summed E-state index contributed by atoms with van der Waals surface area (Å²) in [5.74, 6) is 2.13. The molecule has 2 heterocycles. The first-order valence-electron chi connectivity index (χ1n) is 19.9. The van der Waals surface area contributed by atoms with Gasteiger partial charge >= 0.3 is 0 Å². The van der Waals surface area contributed by atoms with Crippen molar-refractivity contribution in [3.05, 3.63) is 224 Å². The number of fused-ring (bicyclic) bond motifs is 4. The summed E-state index contributed by atoms with van der Waals surface area (Å²) in [6.45, 7) is 6.45. The Morgan fingerprint density at radius 2 is 1.12 bits per heavy atom. The lowest BCUT2D eigenvalue weighted by Gasteiger charge is -2.29. The summed E-state index contributed by atoms with van der Waals surface area (Å²) in [6.07, 6.45) is 13.9. The lowest BCUT2D eigenvalue weighted by Crippen LogP contribution is -2.17. The van der Waals surface area contributed by atoms with Crippen LogP contribution in [-0.4, -0.2) is 0 Å². The van der Waals surface area contributed by atoms with Crippen molar-refractivity contribution in [1.82, 2.24) is 0 Å². The Balaban J connectivity index is 0.901. The standard InChI is InChI=1S/C55H41NO2/c1-37-17-31-45(32-18-37)56(47-35-29-42(30-36-47)40-21-25-44(26-22-40)52-16-7-9-38(2)48-10-3-5-14-53(48)57-52)46-33-27-41(28-34-46)39-19-23-43(24-20-39)49-12-8-13-51-50-11-4-6-15-54(50)58-55(49)51/h3-17,19-37H,2,18H2,1H3/b9-7-,52-16-. The minimum atomic E-state index is 0.522. The maximum absolute atomic E-state index is 6.39. The fourth-order valence-corrected chi connectivity index (χ4v) is 8.05. The Morgan fingerprint density at radius 3 is 1.79 bits per heavy atom. The van der Waals surface area contributed by atoms with Crippen molar-refractivity contribution >= 4 is 44.6 Å². The molecule has 0 saturated carbocycles. The van der Waals surface area contributed by atoms with Crippen LogP contribution in [0.4, 0.5) is 11.4 Å². The van der Waals surface area contributed by atoms with Gasteiger partial charge < -0.3 is 14.1 Å². The highest BCUT2D eigenvalue weighted by atomic mass is 16.5. The molecule has 1 aromatic heterocycles. The highest BCUT2D eigenvalue weighted by Crippen LogP contribution is 2.39. The van der Waals surface area contributed by atoms with E-state index < -0.39 is 0 Å². The molecule has 10 rings (SSSR count). The van der Waals surface area contributed by atoms with Gasteiger partial charge in [0.2, 0.25) is 0 Å². The lowest BCUT2D eigenvalue weighted by atomic mass is 9.98. The second-order valence-electron chi connectivity index (χ2n) is 15.1. The molecule has 0 bridgehead atoms. The van der Waals surface area contributed by atoms with Gasteiger partial charge in [0.1, 0.15) is 22.7 Å². The van der Waals surface area contributed by atoms with Gasteiger partial charge in [-0.05, 0) is 94.3 Å². The molecule has 1 aliphatic carbocycles. The summed E-state index contributed by atoms with van der Waals surface area (Å²) in [7, 11) is 0. The van der Waals surface area contributed by atoms with E-state index in [0.717, 1.165) is 90.2 Å². The molecule has 8 aromatic rings. The number of allylic oxidation sites excluding steroid dienone is 7. The average Bonchev–Trinajstić information content (AvgIpc) is 3.66. The predicted octanol–water partition coefficient (Wildman–Crippen LogP) is 15.2. The quantitative estimate of drug-likeness (QED) is 0.162. The zero-order valence-corrected chi connectivity index (χ0v) is 32.3. The van der Waals surface area contributed by atoms with Gasteiger partial charge in [-0.2, -0.15) is 0 Å². The Hall–Kier alpha value is -7.36. The van der Waals surface area contributed by atoms with E-state index >= 15 is 0 Å². The molecular weight excluding hydrogens is 707 g/mol. The van der Waals surface area contributed by atoms with E-state index in [0.29, 0.717) is 5.92 Å².